The number of nitrogens with one attached hydrogen (secondary N) is 1. The molecule has 43 heavy (non-hydrogen) atoms. The number of anilines is 2. The zero-order valence-corrected chi connectivity index (χ0v) is 24.8. The predicted octanol–water partition coefficient (Wildman–Crippen LogP) is 3.56. The van der Waals surface area contributed by atoms with Crippen LogP contribution in [0.4, 0.5) is 11.4 Å². The Hall–Kier alpha value is -5.30. The van der Waals surface area contributed by atoms with Gasteiger partial charge in [0.1, 0.15) is 22.4 Å². The molecule has 4 aromatic rings. The summed E-state index contributed by atoms with van der Waals surface area (Å²) in [5, 5.41) is 2.93. The van der Waals surface area contributed by atoms with Crippen molar-refractivity contribution in [2.24, 2.45) is 5.73 Å². The van der Waals surface area contributed by atoms with Gasteiger partial charge in [-0.25, -0.2) is 0 Å². The zero-order chi connectivity index (χ0) is 31.1. The minimum Gasteiger partial charge on any atom is -0.497 e. The molecule has 12 nitrogen and oxygen atoms in total. The van der Waals surface area contributed by atoms with Gasteiger partial charge in [-0.3, -0.25) is 19.3 Å². The first-order chi connectivity index (χ1) is 20.7. The summed E-state index contributed by atoms with van der Waals surface area (Å²) in [6.45, 7) is 0.176. The predicted molar refractivity (Wildman–Crippen MR) is 162 cm³/mol. The largest absolute Gasteiger partial charge is 0.497 e. The van der Waals surface area contributed by atoms with E-state index in [0.717, 1.165) is 5.56 Å². The molecule has 4 rings (SSSR count). The van der Waals surface area contributed by atoms with Crippen molar-refractivity contribution in [2.45, 2.75) is 12.6 Å². The van der Waals surface area contributed by atoms with Crippen LogP contribution in [0.15, 0.2) is 66.7 Å². The van der Waals surface area contributed by atoms with Crippen LogP contribution in [-0.2, 0) is 11.3 Å². The van der Waals surface area contributed by atoms with Gasteiger partial charge >= 0.3 is 0 Å². The first kappa shape index (κ1) is 30.7. The molecule has 1 aromatic heterocycles. The quantitative estimate of drug-likeness (QED) is 0.219. The summed E-state index contributed by atoms with van der Waals surface area (Å²) in [4.78, 5) is 41.7. The van der Waals surface area contributed by atoms with Crippen molar-refractivity contribution in [1.29, 1.82) is 0 Å². The van der Waals surface area contributed by atoms with Crippen molar-refractivity contribution in [2.75, 3.05) is 39.1 Å². The molecule has 1 atom stereocenters. The minimum absolute atomic E-state index is 0.0972. The van der Waals surface area contributed by atoms with E-state index >= 15 is 0 Å². The van der Waals surface area contributed by atoms with E-state index in [1.807, 2.05) is 30.3 Å². The third kappa shape index (κ3) is 6.46. The summed E-state index contributed by atoms with van der Waals surface area (Å²) < 4.78 is 26.0. The normalized spacial score (nSPS) is 11.3. The van der Waals surface area contributed by atoms with Crippen LogP contribution in [0.1, 0.15) is 37.3 Å². The van der Waals surface area contributed by atoms with Gasteiger partial charge in [0.2, 0.25) is 5.91 Å². The lowest BCUT2D eigenvalue weighted by atomic mass is 10.0. The number of primary amides is 1. The molecule has 13 heteroatoms. The average molecular weight is 606 g/mol. The Morgan fingerprint density at radius 2 is 1.56 bits per heavy atom. The maximum Gasteiger partial charge on any atom is 0.273 e. The highest BCUT2D eigenvalue weighted by molar-refractivity contribution is 7.09. The molecule has 5 N–H and O–H groups in total. The van der Waals surface area contributed by atoms with E-state index < -0.39 is 23.8 Å². The number of nitrogen functional groups attached to an aromatic ring is 1. The second-order valence-corrected chi connectivity index (χ2v) is 9.84. The van der Waals surface area contributed by atoms with Crippen LogP contribution in [0, 0.1) is 0 Å². The van der Waals surface area contributed by atoms with Crippen LogP contribution in [0.25, 0.3) is 0 Å². The van der Waals surface area contributed by atoms with Gasteiger partial charge in [0.25, 0.3) is 11.8 Å². The van der Waals surface area contributed by atoms with Gasteiger partial charge in [-0.2, -0.15) is 4.37 Å². The fraction of sp³-hybridized carbons (Fsp3) is 0.200. The summed E-state index contributed by atoms with van der Waals surface area (Å²) >= 11 is 0.692. The lowest BCUT2D eigenvalue weighted by Crippen LogP contribution is -2.44. The number of carbonyl (C=O) groups excluding carboxylic acids is 3. The smallest absolute Gasteiger partial charge is 0.273 e. The van der Waals surface area contributed by atoms with Crippen molar-refractivity contribution in [3.8, 4) is 23.0 Å². The van der Waals surface area contributed by atoms with Gasteiger partial charge in [-0.05, 0) is 46.9 Å². The van der Waals surface area contributed by atoms with Gasteiger partial charge in [-0.1, -0.05) is 36.4 Å². The van der Waals surface area contributed by atoms with Crippen LogP contribution >= 0.6 is 11.5 Å². The fourth-order valence-corrected chi connectivity index (χ4v) is 5.15. The maximum absolute atomic E-state index is 14.5. The summed E-state index contributed by atoms with van der Waals surface area (Å²) in [6, 6.07) is 17.7. The molecule has 0 unspecified atom stereocenters. The number of hydrogen-bond donors (Lipinski definition) is 3. The lowest BCUT2D eigenvalue weighted by molar-refractivity contribution is -0.122. The molecule has 0 aliphatic carbocycles. The Balaban J connectivity index is 1.96. The molecule has 0 saturated carbocycles. The van der Waals surface area contributed by atoms with Gasteiger partial charge in [0.05, 0.1) is 39.8 Å². The van der Waals surface area contributed by atoms with Crippen molar-refractivity contribution in [3.63, 3.8) is 0 Å². The summed E-state index contributed by atoms with van der Waals surface area (Å²) in [6.07, 6.45) is 0. The number of nitrogens with zero attached hydrogens (tertiary/aromatic N) is 2. The molecule has 3 aromatic carbocycles. The third-order valence-electron chi connectivity index (χ3n) is 6.56. The molecule has 224 valence electrons. The number of benzene rings is 3. The van der Waals surface area contributed by atoms with Crippen molar-refractivity contribution >= 4 is 40.6 Å². The molecule has 0 bridgehead atoms. The van der Waals surface area contributed by atoms with Gasteiger partial charge in [0.15, 0.2) is 17.2 Å². The topological polar surface area (TPSA) is 168 Å². The van der Waals surface area contributed by atoms with Crippen molar-refractivity contribution in [1.82, 2.24) is 9.69 Å². The average Bonchev–Trinajstić information content (AvgIpc) is 3.43. The van der Waals surface area contributed by atoms with Gasteiger partial charge in [-0.15, -0.1) is 0 Å². The van der Waals surface area contributed by atoms with Crippen LogP contribution in [-0.4, -0.2) is 50.5 Å². The number of hydrogen-bond acceptors (Lipinski definition) is 10. The molecule has 0 aliphatic heterocycles. The van der Waals surface area contributed by atoms with Crippen LogP contribution in [0.3, 0.4) is 0 Å². The number of carbonyl (C=O) groups is 3. The Kier molecular flexibility index (Phi) is 9.68. The van der Waals surface area contributed by atoms with E-state index in [9.17, 15) is 14.4 Å². The SMILES string of the molecule is COc1ccc(OC)c(N(C(=O)c2snc(C(N)=O)c2N)[C@H](C(=O)NCc2ccccc2)c2ccc(OC)c(OC)c2)c1. The highest BCUT2D eigenvalue weighted by Crippen LogP contribution is 2.41. The number of methoxy groups -OCH3 is 4. The minimum atomic E-state index is -1.31. The first-order valence-electron chi connectivity index (χ1n) is 12.9. The molecule has 0 spiro atoms. The zero-order valence-electron chi connectivity index (χ0n) is 24.0. The molecular formula is C30H31N5O7S. The molecular weight excluding hydrogens is 574 g/mol. The number of nitrogens with two attached hydrogens (primary N) is 2. The molecule has 0 aliphatic rings. The Morgan fingerprint density at radius 1 is 0.884 bits per heavy atom. The third-order valence-corrected chi connectivity index (χ3v) is 7.41. The second kappa shape index (κ2) is 13.6. The molecule has 3 amide bonds. The van der Waals surface area contributed by atoms with Gasteiger partial charge < -0.3 is 35.7 Å². The Morgan fingerprint density at radius 3 is 2.16 bits per heavy atom. The van der Waals surface area contributed by atoms with E-state index in [2.05, 4.69) is 9.69 Å². The second-order valence-electron chi connectivity index (χ2n) is 9.07. The molecule has 0 radical (unpaired) electrons. The molecule has 0 saturated heterocycles. The summed E-state index contributed by atoms with van der Waals surface area (Å²) in [5.74, 6) is -0.761. The lowest BCUT2D eigenvalue weighted by Gasteiger charge is -2.32. The number of amides is 3. The summed E-state index contributed by atoms with van der Waals surface area (Å²) in [5.41, 5.74) is 12.6. The van der Waals surface area contributed by atoms with Crippen molar-refractivity contribution in [3.05, 3.63) is 88.4 Å². The first-order valence-corrected chi connectivity index (χ1v) is 13.6. The number of ether oxygens (including phenoxy) is 4. The molecule has 0 fully saturated rings. The highest BCUT2D eigenvalue weighted by atomic mass is 32.1. The number of rotatable bonds is 12. The molecule has 1 heterocycles. The fourth-order valence-electron chi connectivity index (χ4n) is 4.41. The Labute approximate surface area is 252 Å². The Bertz CT molecular complexity index is 1630. The van der Waals surface area contributed by atoms with E-state index in [0.29, 0.717) is 34.3 Å². The number of aromatic nitrogens is 1. The van der Waals surface area contributed by atoms with E-state index in [4.69, 9.17) is 30.4 Å². The van der Waals surface area contributed by atoms with Crippen molar-refractivity contribution < 1.29 is 33.3 Å². The van der Waals surface area contributed by atoms with Crippen LogP contribution < -0.4 is 40.6 Å². The standard InChI is InChI=1S/C30H31N5O7S/c1-39-19-11-13-21(40-2)20(15-19)35(30(38)27-24(31)25(28(32)36)34-43-27)26(18-10-12-22(41-3)23(14-18)42-4)29(37)33-16-17-8-6-5-7-9-17/h5-15,26H,16,31H2,1-4H3,(H2,32,36)(H,33,37)/t26-/m0/s1. The van der Waals surface area contributed by atoms with Gasteiger partial charge in [0, 0.05) is 12.6 Å². The maximum atomic E-state index is 14.5. The highest BCUT2D eigenvalue weighted by Gasteiger charge is 2.38. The van der Waals surface area contributed by atoms with E-state index in [1.54, 1.807) is 36.4 Å². The monoisotopic (exact) mass is 605 g/mol. The van der Waals surface area contributed by atoms with Crippen LogP contribution in [0.2, 0.25) is 0 Å². The van der Waals surface area contributed by atoms with E-state index in [-0.39, 0.29) is 34.2 Å². The van der Waals surface area contributed by atoms with Crippen LogP contribution in [0.5, 0.6) is 23.0 Å². The van der Waals surface area contributed by atoms with E-state index in [1.165, 1.54) is 33.3 Å². The summed E-state index contributed by atoms with van der Waals surface area (Å²) in [7, 11) is 5.85.